The van der Waals surface area contributed by atoms with Crippen molar-refractivity contribution in [3.05, 3.63) is 60.7 Å². The Hall–Kier alpha value is -0.491. The number of rotatable bonds is 0. The predicted molar refractivity (Wildman–Crippen MR) is 60.5 cm³/mol. The second-order valence-electron chi connectivity index (χ2n) is 2.19. The van der Waals surface area contributed by atoms with E-state index in [0.717, 1.165) is 5.88 Å². The maximum atomic E-state index is 5.00. The van der Waals surface area contributed by atoms with Crippen molar-refractivity contribution in [2.45, 2.75) is 6.92 Å². The molecule has 0 heterocycles. The Labute approximate surface area is 102 Å². The van der Waals surface area contributed by atoms with Gasteiger partial charge in [0.2, 0.25) is 0 Å². The average molecular weight is 251 g/mol. The molecule has 2 aromatic carbocycles. The largest absolute Gasteiger partial charge is 0.748 e. The molecule has 0 fully saturated rings. The molecule has 0 amide bonds. The van der Waals surface area contributed by atoms with Gasteiger partial charge in [-0.25, -0.2) is 12.1 Å². The van der Waals surface area contributed by atoms with Crippen molar-refractivity contribution in [3.63, 3.8) is 0 Å². The smallest absolute Gasteiger partial charge is 0.0195 e. The molecule has 0 atom stereocenters. The standard InChI is InChI=1S/2C5H5.C2H5Cl.Fe/c2*1-2-4-5-3-1;1-2-3;/h2*1-5H;2H2,1H3;/q-5;-1;;. The Morgan fingerprint density at radius 3 is 1.36 bits per heavy atom. The molecule has 14 heavy (non-hydrogen) atoms. The fraction of sp³-hybridized carbons (Fsp3) is 0.167. The summed E-state index contributed by atoms with van der Waals surface area (Å²) in [6.45, 7) is 1.89. The molecule has 0 aliphatic carbocycles. The van der Waals surface area contributed by atoms with Gasteiger partial charge in [0, 0.05) is 22.9 Å². The zero-order chi connectivity index (χ0) is 9.78. The van der Waals surface area contributed by atoms with E-state index in [1.54, 1.807) is 0 Å². The minimum atomic E-state index is 0. The molecule has 84 valence electrons. The van der Waals surface area contributed by atoms with Crippen LogP contribution in [0.2, 0.25) is 0 Å². The minimum Gasteiger partial charge on any atom is -0.748 e. The molecule has 0 radical (unpaired) electrons. The van der Waals surface area contributed by atoms with Crippen LogP contribution in [0.15, 0.2) is 60.7 Å². The first-order valence-corrected chi connectivity index (χ1v) is 4.84. The van der Waals surface area contributed by atoms with Crippen LogP contribution in [-0.4, -0.2) is 5.88 Å². The number of halogens is 1. The molecule has 0 nitrogen and oxygen atoms in total. The Balaban J connectivity index is 0. The molecule has 0 saturated carbocycles. The second-order valence-corrected chi connectivity index (χ2v) is 2.73. The summed E-state index contributed by atoms with van der Waals surface area (Å²) in [7, 11) is 0. The quantitative estimate of drug-likeness (QED) is 0.376. The number of alkyl halides is 1. The van der Waals surface area contributed by atoms with Crippen molar-refractivity contribution < 1.29 is 17.1 Å². The second kappa shape index (κ2) is 15.0. The predicted octanol–water partition coefficient (Wildman–Crippen LogP) is 4.05. The Bertz CT molecular complexity index is 162. The first-order valence-electron chi connectivity index (χ1n) is 4.31. The van der Waals surface area contributed by atoms with E-state index in [9.17, 15) is 0 Å². The van der Waals surface area contributed by atoms with E-state index in [2.05, 4.69) is 0 Å². The van der Waals surface area contributed by atoms with Gasteiger partial charge in [-0.15, -0.1) is 11.6 Å². The molecule has 0 spiro atoms. The van der Waals surface area contributed by atoms with E-state index in [1.165, 1.54) is 0 Å². The normalized spacial score (nSPS) is 7.00. The Morgan fingerprint density at radius 2 is 1.21 bits per heavy atom. The van der Waals surface area contributed by atoms with E-state index < -0.39 is 0 Å². The monoisotopic (exact) mass is 250 g/mol. The SMILES string of the molecule is CCCl.[Fe].[cH-]1[cH-][cH-][cH-][cH-]1.c1cc[cH-]c1. The molecular formula is C12H15ClFe-6. The van der Waals surface area contributed by atoms with Crippen LogP contribution in [0.1, 0.15) is 6.92 Å². The van der Waals surface area contributed by atoms with Crippen LogP contribution in [0.4, 0.5) is 0 Å². The van der Waals surface area contributed by atoms with E-state index in [4.69, 9.17) is 11.6 Å². The van der Waals surface area contributed by atoms with Crippen molar-refractivity contribution in [2.24, 2.45) is 0 Å². The van der Waals surface area contributed by atoms with Crippen LogP contribution < -0.4 is 0 Å². The van der Waals surface area contributed by atoms with E-state index >= 15 is 0 Å². The van der Waals surface area contributed by atoms with Gasteiger partial charge < -0.3 is 30.3 Å². The van der Waals surface area contributed by atoms with Crippen LogP contribution in [0.3, 0.4) is 0 Å². The number of hydrogen-bond donors (Lipinski definition) is 0. The van der Waals surface area contributed by atoms with Crippen LogP contribution in [-0.2, 0) is 17.1 Å². The summed E-state index contributed by atoms with van der Waals surface area (Å²) >= 11 is 5.00. The van der Waals surface area contributed by atoms with Gasteiger partial charge in [0.15, 0.2) is 0 Å². The maximum absolute atomic E-state index is 5.00. The van der Waals surface area contributed by atoms with Gasteiger partial charge in [0.1, 0.15) is 0 Å². The van der Waals surface area contributed by atoms with Crippen molar-refractivity contribution in [3.8, 4) is 0 Å². The van der Waals surface area contributed by atoms with Crippen LogP contribution in [0.5, 0.6) is 0 Å². The Kier molecular flexibility index (Phi) is 17.1. The van der Waals surface area contributed by atoms with Gasteiger partial charge in [-0.3, -0.25) is 0 Å². The average Bonchev–Trinajstić information content (AvgIpc) is 2.85. The van der Waals surface area contributed by atoms with Gasteiger partial charge in [-0.05, 0) is 0 Å². The van der Waals surface area contributed by atoms with E-state index in [1.807, 2.05) is 67.6 Å². The van der Waals surface area contributed by atoms with E-state index in [-0.39, 0.29) is 17.1 Å². The summed E-state index contributed by atoms with van der Waals surface area (Å²) in [4.78, 5) is 0. The van der Waals surface area contributed by atoms with Gasteiger partial charge in [0.05, 0.1) is 0 Å². The Morgan fingerprint density at radius 1 is 0.929 bits per heavy atom. The fourth-order valence-corrected chi connectivity index (χ4v) is 0.642. The third kappa shape index (κ3) is 14.1. The van der Waals surface area contributed by atoms with Crippen LogP contribution in [0, 0.1) is 0 Å². The zero-order valence-electron chi connectivity index (χ0n) is 8.21. The topological polar surface area (TPSA) is 0 Å². The van der Waals surface area contributed by atoms with Crippen LogP contribution >= 0.6 is 11.6 Å². The summed E-state index contributed by atoms with van der Waals surface area (Å²) in [5.41, 5.74) is 0. The minimum absolute atomic E-state index is 0. The number of hydrogen-bond acceptors (Lipinski definition) is 0. The molecule has 2 aromatic rings. The fourth-order valence-electron chi connectivity index (χ4n) is 0.642. The molecule has 2 rings (SSSR count). The van der Waals surface area contributed by atoms with Gasteiger partial charge in [0.25, 0.3) is 0 Å². The van der Waals surface area contributed by atoms with Gasteiger partial charge in [-0.1, -0.05) is 6.92 Å². The third-order valence-corrected chi connectivity index (χ3v) is 1.11. The molecule has 2 heteroatoms. The molecule has 0 N–H and O–H groups in total. The summed E-state index contributed by atoms with van der Waals surface area (Å²) in [5.74, 6) is 0.722. The van der Waals surface area contributed by atoms with Gasteiger partial charge >= 0.3 is 0 Å². The summed E-state index contributed by atoms with van der Waals surface area (Å²) in [6, 6.07) is 20.0. The first kappa shape index (κ1) is 16.0. The van der Waals surface area contributed by atoms with E-state index in [0.29, 0.717) is 0 Å². The molecule has 0 bridgehead atoms. The zero-order valence-corrected chi connectivity index (χ0v) is 10.1. The summed E-state index contributed by atoms with van der Waals surface area (Å²) in [5, 5.41) is 0. The molecule has 0 unspecified atom stereocenters. The maximum Gasteiger partial charge on any atom is 0.0195 e. The molecular weight excluding hydrogens is 235 g/mol. The van der Waals surface area contributed by atoms with Crippen molar-refractivity contribution >= 4 is 11.6 Å². The molecule has 0 aromatic heterocycles. The van der Waals surface area contributed by atoms with Crippen LogP contribution in [0.25, 0.3) is 0 Å². The summed E-state index contributed by atoms with van der Waals surface area (Å²) in [6.07, 6.45) is 0. The van der Waals surface area contributed by atoms with Gasteiger partial charge in [-0.2, -0.15) is 18.2 Å². The van der Waals surface area contributed by atoms with Crippen molar-refractivity contribution in [1.82, 2.24) is 0 Å². The third-order valence-electron chi connectivity index (χ3n) is 1.11. The van der Waals surface area contributed by atoms with Crippen molar-refractivity contribution in [1.29, 1.82) is 0 Å². The first-order chi connectivity index (χ1) is 6.41. The summed E-state index contributed by atoms with van der Waals surface area (Å²) < 4.78 is 0. The van der Waals surface area contributed by atoms with Crippen molar-refractivity contribution in [2.75, 3.05) is 5.88 Å². The molecule has 0 aliphatic rings. The molecule has 0 aliphatic heterocycles. The molecule has 0 saturated heterocycles.